The fourth-order valence-electron chi connectivity index (χ4n) is 4.47. The van der Waals surface area contributed by atoms with Gasteiger partial charge in [0.05, 0.1) is 0 Å². The van der Waals surface area contributed by atoms with Crippen molar-refractivity contribution in [1.29, 1.82) is 0 Å². The van der Waals surface area contributed by atoms with Gasteiger partial charge < -0.3 is 10.0 Å². The summed E-state index contributed by atoms with van der Waals surface area (Å²) in [5.41, 5.74) is 1.35. The second kappa shape index (κ2) is 7.28. The number of hydrogen-bond donors (Lipinski definition) is 1. The molecular formula is C19H30N4O2. The van der Waals surface area contributed by atoms with E-state index in [1.165, 1.54) is 5.56 Å². The molecule has 0 bridgehead atoms. The molecule has 1 spiro atoms. The Kier molecular flexibility index (Phi) is 5.27. The van der Waals surface area contributed by atoms with Crippen molar-refractivity contribution in [2.24, 2.45) is 5.41 Å². The number of rotatable bonds is 5. The molecule has 138 valence electrons. The molecule has 3 heterocycles. The molecule has 6 heteroatoms. The van der Waals surface area contributed by atoms with Crippen molar-refractivity contribution < 1.29 is 9.90 Å². The van der Waals surface area contributed by atoms with Gasteiger partial charge in [0.1, 0.15) is 18.2 Å². The number of carboxylic acids is 1. The summed E-state index contributed by atoms with van der Waals surface area (Å²) in [5, 5.41) is 9.58. The van der Waals surface area contributed by atoms with E-state index in [4.69, 9.17) is 0 Å². The Balaban J connectivity index is 1.71. The molecular weight excluding hydrogens is 316 g/mol. The first kappa shape index (κ1) is 18.1. The fraction of sp³-hybridized carbons (Fsp3) is 0.737. The quantitative estimate of drug-likeness (QED) is 0.884. The molecule has 2 saturated heterocycles. The summed E-state index contributed by atoms with van der Waals surface area (Å²) in [5.74, 6) is 0.790. The van der Waals surface area contributed by atoms with Gasteiger partial charge in [-0.3, -0.25) is 9.69 Å². The predicted octanol–water partition coefficient (Wildman–Crippen LogP) is 2.76. The molecule has 2 aliphatic rings. The maximum atomic E-state index is 11.6. The third-order valence-corrected chi connectivity index (χ3v) is 5.87. The third kappa shape index (κ3) is 3.64. The highest BCUT2D eigenvalue weighted by atomic mass is 16.4. The third-order valence-electron chi connectivity index (χ3n) is 5.87. The summed E-state index contributed by atoms with van der Waals surface area (Å²) in [7, 11) is 0. The van der Waals surface area contributed by atoms with E-state index >= 15 is 0 Å². The van der Waals surface area contributed by atoms with Crippen LogP contribution in [0.1, 0.15) is 57.9 Å². The summed E-state index contributed by atoms with van der Waals surface area (Å²) < 4.78 is 0. The highest BCUT2D eigenvalue weighted by Gasteiger charge is 2.47. The van der Waals surface area contributed by atoms with Crippen LogP contribution in [0.4, 0.5) is 5.82 Å². The normalized spacial score (nSPS) is 23.5. The Hall–Kier alpha value is -1.69. The maximum absolute atomic E-state index is 11.6. The number of aromatic nitrogens is 2. The molecule has 1 atom stereocenters. The van der Waals surface area contributed by atoms with Crippen LogP contribution in [0, 0.1) is 5.41 Å². The van der Waals surface area contributed by atoms with Gasteiger partial charge >= 0.3 is 5.97 Å². The first-order valence-corrected chi connectivity index (χ1v) is 9.47. The van der Waals surface area contributed by atoms with Gasteiger partial charge in [-0.1, -0.05) is 20.8 Å². The lowest BCUT2D eigenvalue weighted by Crippen LogP contribution is -2.42. The van der Waals surface area contributed by atoms with Crippen LogP contribution < -0.4 is 4.90 Å². The second-order valence-electron chi connectivity index (χ2n) is 7.97. The Morgan fingerprint density at radius 3 is 2.72 bits per heavy atom. The van der Waals surface area contributed by atoms with E-state index in [1.54, 1.807) is 6.33 Å². The maximum Gasteiger partial charge on any atom is 0.320 e. The summed E-state index contributed by atoms with van der Waals surface area (Å²) in [6.45, 7) is 10.2. The van der Waals surface area contributed by atoms with E-state index in [2.05, 4.69) is 40.5 Å². The molecule has 25 heavy (non-hydrogen) atoms. The first-order chi connectivity index (χ1) is 12.0. The van der Waals surface area contributed by atoms with Crippen molar-refractivity contribution in [1.82, 2.24) is 14.9 Å². The smallest absolute Gasteiger partial charge is 0.320 e. The average molecular weight is 346 g/mol. The number of carboxylic acid groups (broad SMARTS) is 1. The number of hydrogen-bond acceptors (Lipinski definition) is 5. The van der Waals surface area contributed by atoms with Gasteiger partial charge in [0.25, 0.3) is 0 Å². The van der Waals surface area contributed by atoms with Crippen molar-refractivity contribution >= 4 is 11.8 Å². The summed E-state index contributed by atoms with van der Waals surface area (Å²) in [6.07, 6.45) is 7.43. The van der Waals surface area contributed by atoms with Crippen molar-refractivity contribution in [2.75, 3.05) is 31.1 Å². The predicted molar refractivity (Wildman–Crippen MR) is 97.9 cm³/mol. The zero-order valence-electron chi connectivity index (χ0n) is 15.6. The number of carbonyl (C=O) groups is 1. The molecule has 3 rings (SSSR count). The molecule has 0 amide bonds. The Morgan fingerprint density at radius 1 is 1.40 bits per heavy atom. The van der Waals surface area contributed by atoms with Gasteiger partial charge in [-0.25, -0.2) is 9.97 Å². The lowest BCUT2D eigenvalue weighted by molar-refractivity contribution is -0.142. The Labute approximate surface area is 150 Å². The molecule has 0 saturated carbocycles. The minimum atomic E-state index is -0.661. The van der Waals surface area contributed by atoms with Crippen molar-refractivity contribution in [3.05, 3.63) is 18.1 Å². The highest BCUT2D eigenvalue weighted by molar-refractivity contribution is 5.74. The van der Waals surface area contributed by atoms with Gasteiger partial charge in [-0.05, 0) is 43.6 Å². The Bertz CT molecular complexity index is 611. The van der Waals surface area contributed by atoms with Crippen LogP contribution in [0.2, 0.25) is 0 Å². The van der Waals surface area contributed by atoms with E-state index in [9.17, 15) is 9.90 Å². The topological polar surface area (TPSA) is 69.6 Å². The summed E-state index contributed by atoms with van der Waals surface area (Å²) in [6, 6.07) is -0.309. The van der Waals surface area contributed by atoms with Crippen LogP contribution in [0.15, 0.2) is 12.5 Å². The second-order valence-corrected chi connectivity index (χ2v) is 7.97. The van der Waals surface area contributed by atoms with Crippen LogP contribution >= 0.6 is 0 Å². The molecule has 1 aromatic rings. The number of anilines is 1. The van der Waals surface area contributed by atoms with Gasteiger partial charge in [0.15, 0.2) is 0 Å². The lowest BCUT2D eigenvalue weighted by Gasteiger charge is -2.40. The Morgan fingerprint density at radius 2 is 2.12 bits per heavy atom. The van der Waals surface area contributed by atoms with E-state index in [-0.39, 0.29) is 11.5 Å². The fourth-order valence-corrected chi connectivity index (χ4v) is 4.47. The molecule has 1 N–H and O–H groups in total. The molecule has 6 nitrogen and oxygen atoms in total. The molecule has 0 aliphatic carbocycles. The van der Waals surface area contributed by atoms with E-state index in [0.29, 0.717) is 5.92 Å². The van der Waals surface area contributed by atoms with E-state index in [0.717, 1.165) is 57.7 Å². The zero-order chi connectivity index (χ0) is 18.0. The molecule has 2 fully saturated rings. The largest absolute Gasteiger partial charge is 0.480 e. The SMILES string of the molecule is CCCN1CC2(CCN(c3ncncc3C(C)C)CC2)C[C@@H]1C(=O)O. The van der Waals surface area contributed by atoms with Crippen LogP contribution in [-0.4, -0.2) is 58.2 Å². The summed E-state index contributed by atoms with van der Waals surface area (Å²) in [4.78, 5) is 24.9. The van der Waals surface area contributed by atoms with Gasteiger partial charge in [0, 0.05) is 31.4 Å². The number of likely N-dealkylation sites (tertiary alicyclic amines) is 1. The van der Waals surface area contributed by atoms with Crippen LogP contribution in [-0.2, 0) is 4.79 Å². The molecule has 1 aromatic heterocycles. The monoisotopic (exact) mass is 346 g/mol. The van der Waals surface area contributed by atoms with Gasteiger partial charge in [0.2, 0.25) is 0 Å². The van der Waals surface area contributed by atoms with Crippen molar-refractivity contribution in [2.45, 2.75) is 58.4 Å². The molecule has 0 aromatic carbocycles. The summed E-state index contributed by atoms with van der Waals surface area (Å²) >= 11 is 0. The van der Waals surface area contributed by atoms with Gasteiger partial charge in [-0.2, -0.15) is 0 Å². The molecule has 2 aliphatic heterocycles. The number of aliphatic carboxylic acids is 1. The number of nitrogens with zero attached hydrogens (tertiary/aromatic N) is 4. The van der Waals surface area contributed by atoms with Crippen LogP contribution in [0.25, 0.3) is 0 Å². The van der Waals surface area contributed by atoms with Crippen molar-refractivity contribution in [3.8, 4) is 0 Å². The number of piperidine rings is 1. The van der Waals surface area contributed by atoms with E-state index < -0.39 is 5.97 Å². The lowest BCUT2D eigenvalue weighted by atomic mass is 9.76. The van der Waals surface area contributed by atoms with Gasteiger partial charge in [-0.15, -0.1) is 0 Å². The van der Waals surface area contributed by atoms with Crippen molar-refractivity contribution in [3.63, 3.8) is 0 Å². The molecule has 0 radical (unpaired) electrons. The minimum Gasteiger partial charge on any atom is -0.480 e. The standard InChI is InChI=1S/C19H30N4O2/c1-4-7-23-12-19(10-16(23)18(24)25)5-8-22(9-6-19)17-15(14(2)3)11-20-13-21-17/h11,13-14,16H,4-10,12H2,1-3H3,(H,24,25)/t16-/m1/s1. The highest BCUT2D eigenvalue weighted by Crippen LogP contribution is 2.44. The zero-order valence-corrected chi connectivity index (χ0v) is 15.6. The van der Waals surface area contributed by atoms with E-state index in [1.807, 2.05) is 6.20 Å². The average Bonchev–Trinajstić information content (AvgIpc) is 2.94. The van der Waals surface area contributed by atoms with Crippen LogP contribution in [0.3, 0.4) is 0 Å². The minimum absolute atomic E-state index is 0.153. The van der Waals surface area contributed by atoms with Crippen LogP contribution in [0.5, 0.6) is 0 Å². The first-order valence-electron chi connectivity index (χ1n) is 9.47. The molecule has 0 unspecified atom stereocenters.